The van der Waals surface area contributed by atoms with E-state index in [1.165, 1.54) is 12.1 Å². The molecule has 0 aliphatic heterocycles. The van der Waals surface area contributed by atoms with Crippen molar-refractivity contribution < 1.29 is 19.0 Å². The lowest BCUT2D eigenvalue weighted by molar-refractivity contribution is -0.121. The van der Waals surface area contributed by atoms with Crippen LogP contribution in [0.4, 0.5) is 4.39 Å². The molecular formula is C15H22FNO3. The highest BCUT2D eigenvalue weighted by atomic mass is 19.1. The van der Waals surface area contributed by atoms with Gasteiger partial charge in [-0.3, -0.25) is 4.79 Å². The number of carbonyl (C=O) groups excluding carboxylic acids is 1. The van der Waals surface area contributed by atoms with Gasteiger partial charge in [0, 0.05) is 13.2 Å². The Morgan fingerprint density at radius 3 is 2.70 bits per heavy atom. The number of aliphatic hydroxyl groups excluding tert-OH is 1. The summed E-state index contributed by atoms with van der Waals surface area (Å²) in [5.41, 5.74) is 0. The molecule has 5 heteroatoms. The molecule has 0 aliphatic rings. The summed E-state index contributed by atoms with van der Waals surface area (Å²) in [6.45, 7) is 1.01. The molecule has 0 atom stereocenters. The van der Waals surface area contributed by atoms with Crippen LogP contribution in [0.15, 0.2) is 24.3 Å². The van der Waals surface area contributed by atoms with E-state index in [1.54, 1.807) is 12.1 Å². The normalized spacial score (nSPS) is 10.3. The van der Waals surface area contributed by atoms with E-state index in [9.17, 15) is 9.18 Å². The second-order valence-electron chi connectivity index (χ2n) is 4.52. The molecule has 1 amide bonds. The quantitative estimate of drug-likeness (QED) is 0.648. The van der Waals surface area contributed by atoms with Gasteiger partial charge in [-0.25, -0.2) is 4.39 Å². The van der Waals surface area contributed by atoms with Crippen LogP contribution in [0.5, 0.6) is 5.75 Å². The van der Waals surface area contributed by atoms with Crippen LogP contribution in [0.3, 0.4) is 0 Å². The fourth-order valence-corrected chi connectivity index (χ4v) is 1.72. The number of amides is 1. The zero-order valence-electron chi connectivity index (χ0n) is 11.6. The summed E-state index contributed by atoms with van der Waals surface area (Å²) in [6, 6.07) is 6.13. The van der Waals surface area contributed by atoms with E-state index in [0.717, 1.165) is 25.7 Å². The van der Waals surface area contributed by atoms with Gasteiger partial charge < -0.3 is 15.2 Å². The second-order valence-corrected chi connectivity index (χ2v) is 4.52. The van der Waals surface area contributed by atoms with E-state index >= 15 is 0 Å². The SMILES string of the molecule is O=C(CCOc1ccccc1F)NCCCCCCO. The molecule has 0 aromatic heterocycles. The Morgan fingerprint density at radius 1 is 1.20 bits per heavy atom. The van der Waals surface area contributed by atoms with Crippen molar-refractivity contribution in [1.82, 2.24) is 5.32 Å². The minimum absolute atomic E-state index is 0.0940. The lowest BCUT2D eigenvalue weighted by Crippen LogP contribution is -2.25. The van der Waals surface area contributed by atoms with Crippen LogP contribution < -0.4 is 10.1 Å². The van der Waals surface area contributed by atoms with Crippen molar-refractivity contribution in [3.8, 4) is 5.75 Å². The predicted octanol–water partition coefficient (Wildman–Crippen LogP) is 2.26. The number of para-hydroxylation sites is 1. The van der Waals surface area contributed by atoms with Gasteiger partial charge in [0.2, 0.25) is 5.91 Å². The van der Waals surface area contributed by atoms with Crippen LogP contribution in [-0.2, 0) is 4.79 Å². The summed E-state index contributed by atoms with van der Waals surface area (Å²) in [5, 5.41) is 11.4. The van der Waals surface area contributed by atoms with Crippen LogP contribution in [0.1, 0.15) is 32.1 Å². The van der Waals surface area contributed by atoms with Gasteiger partial charge in [-0.15, -0.1) is 0 Å². The van der Waals surface area contributed by atoms with Crippen LogP contribution in [-0.4, -0.2) is 30.8 Å². The third-order valence-corrected chi connectivity index (χ3v) is 2.83. The van der Waals surface area contributed by atoms with Gasteiger partial charge >= 0.3 is 0 Å². The largest absolute Gasteiger partial charge is 0.490 e. The molecule has 4 nitrogen and oxygen atoms in total. The number of carbonyl (C=O) groups is 1. The summed E-state index contributed by atoms with van der Waals surface area (Å²) in [6.07, 6.45) is 3.89. The summed E-state index contributed by atoms with van der Waals surface area (Å²) in [7, 11) is 0. The van der Waals surface area contributed by atoms with E-state index < -0.39 is 5.82 Å². The lowest BCUT2D eigenvalue weighted by atomic mass is 10.2. The first-order chi connectivity index (χ1) is 9.74. The van der Waals surface area contributed by atoms with Crippen molar-refractivity contribution in [2.75, 3.05) is 19.8 Å². The molecule has 0 unspecified atom stereocenters. The van der Waals surface area contributed by atoms with Crippen molar-refractivity contribution in [1.29, 1.82) is 0 Å². The topological polar surface area (TPSA) is 58.6 Å². The molecule has 1 rings (SSSR count). The number of hydrogen-bond donors (Lipinski definition) is 2. The third-order valence-electron chi connectivity index (χ3n) is 2.83. The predicted molar refractivity (Wildman–Crippen MR) is 75.1 cm³/mol. The highest BCUT2D eigenvalue weighted by molar-refractivity contribution is 5.75. The van der Waals surface area contributed by atoms with E-state index in [4.69, 9.17) is 9.84 Å². The van der Waals surface area contributed by atoms with Crippen molar-refractivity contribution >= 4 is 5.91 Å². The Labute approximate surface area is 119 Å². The molecule has 0 heterocycles. The zero-order valence-corrected chi connectivity index (χ0v) is 11.6. The summed E-state index contributed by atoms with van der Waals surface area (Å²) >= 11 is 0. The number of aliphatic hydroxyl groups is 1. The van der Waals surface area contributed by atoms with E-state index in [-0.39, 0.29) is 31.3 Å². The maximum atomic E-state index is 13.2. The maximum Gasteiger partial charge on any atom is 0.223 e. The van der Waals surface area contributed by atoms with Crippen molar-refractivity contribution in [3.63, 3.8) is 0 Å². The number of hydrogen-bond acceptors (Lipinski definition) is 3. The molecule has 2 N–H and O–H groups in total. The lowest BCUT2D eigenvalue weighted by Gasteiger charge is -2.07. The van der Waals surface area contributed by atoms with Crippen LogP contribution in [0.25, 0.3) is 0 Å². The third kappa shape index (κ3) is 7.09. The van der Waals surface area contributed by atoms with Crippen molar-refractivity contribution in [2.24, 2.45) is 0 Å². The number of rotatable bonds is 10. The molecule has 0 spiro atoms. The molecule has 0 aliphatic carbocycles. The van der Waals surface area contributed by atoms with Gasteiger partial charge in [-0.1, -0.05) is 25.0 Å². The number of nitrogens with one attached hydrogen (secondary N) is 1. The smallest absolute Gasteiger partial charge is 0.223 e. The minimum Gasteiger partial charge on any atom is -0.490 e. The monoisotopic (exact) mass is 283 g/mol. The average molecular weight is 283 g/mol. The first kappa shape index (κ1) is 16.4. The molecular weight excluding hydrogens is 261 g/mol. The Morgan fingerprint density at radius 2 is 1.95 bits per heavy atom. The van der Waals surface area contributed by atoms with Crippen LogP contribution in [0, 0.1) is 5.82 Å². The standard InChI is InChI=1S/C15H22FNO3/c16-13-7-3-4-8-14(13)20-12-9-15(19)17-10-5-1-2-6-11-18/h3-4,7-8,18H,1-2,5-6,9-12H2,(H,17,19). The number of benzene rings is 1. The summed E-state index contributed by atoms with van der Waals surface area (Å²) in [5.74, 6) is -0.343. The van der Waals surface area contributed by atoms with Gasteiger partial charge in [-0.2, -0.15) is 0 Å². The Kier molecular flexibility index (Phi) is 8.38. The molecule has 0 saturated heterocycles. The summed E-state index contributed by atoms with van der Waals surface area (Å²) in [4.78, 5) is 11.5. The van der Waals surface area contributed by atoms with E-state index in [1.807, 2.05) is 0 Å². The molecule has 0 bridgehead atoms. The Bertz CT molecular complexity index is 398. The zero-order chi connectivity index (χ0) is 14.6. The number of halogens is 1. The van der Waals surface area contributed by atoms with Gasteiger partial charge in [0.25, 0.3) is 0 Å². The number of unbranched alkanes of at least 4 members (excludes halogenated alkanes) is 3. The minimum atomic E-state index is -0.420. The fraction of sp³-hybridized carbons (Fsp3) is 0.533. The van der Waals surface area contributed by atoms with Crippen molar-refractivity contribution in [2.45, 2.75) is 32.1 Å². The number of ether oxygens (including phenoxy) is 1. The molecule has 0 saturated carbocycles. The molecule has 1 aromatic carbocycles. The molecule has 0 fully saturated rings. The Hall–Kier alpha value is -1.62. The van der Waals surface area contributed by atoms with Crippen LogP contribution >= 0.6 is 0 Å². The van der Waals surface area contributed by atoms with E-state index in [2.05, 4.69) is 5.32 Å². The molecule has 1 aromatic rings. The van der Waals surface area contributed by atoms with Gasteiger partial charge in [0.15, 0.2) is 11.6 Å². The van der Waals surface area contributed by atoms with Gasteiger partial charge in [0.05, 0.1) is 13.0 Å². The first-order valence-electron chi connectivity index (χ1n) is 6.99. The molecule has 112 valence electrons. The fourth-order valence-electron chi connectivity index (χ4n) is 1.72. The average Bonchev–Trinajstić information content (AvgIpc) is 2.45. The Balaban J connectivity index is 2.04. The first-order valence-corrected chi connectivity index (χ1v) is 6.99. The van der Waals surface area contributed by atoms with E-state index in [0.29, 0.717) is 6.54 Å². The van der Waals surface area contributed by atoms with Crippen molar-refractivity contribution in [3.05, 3.63) is 30.1 Å². The van der Waals surface area contributed by atoms with Crippen LogP contribution in [0.2, 0.25) is 0 Å². The maximum absolute atomic E-state index is 13.2. The highest BCUT2D eigenvalue weighted by Gasteiger charge is 2.04. The summed E-state index contributed by atoms with van der Waals surface area (Å²) < 4.78 is 18.4. The molecule has 20 heavy (non-hydrogen) atoms. The molecule has 0 radical (unpaired) electrons. The highest BCUT2D eigenvalue weighted by Crippen LogP contribution is 2.15. The van der Waals surface area contributed by atoms with Gasteiger partial charge in [-0.05, 0) is 25.0 Å². The second kappa shape index (κ2) is 10.2. The van der Waals surface area contributed by atoms with Gasteiger partial charge in [0.1, 0.15) is 0 Å².